The summed E-state index contributed by atoms with van der Waals surface area (Å²) in [6.07, 6.45) is 2.55. The van der Waals surface area contributed by atoms with Gasteiger partial charge in [-0.15, -0.1) is 0 Å². The van der Waals surface area contributed by atoms with Crippen LogP contribution in [0.25, 0.3) is 0 Å². The molecule has 0 aliphatic carbocycles. The van der Waals surface area contributed by atoms with Gasteiger partial charge in [0.15, 0.2) is 0 Å². The Balaban J connectivity index is 2.21. The number of benzene rings is 1. The van der Waals surface area contributed by atoms with E-state index in [0.29, 0.717) is 0 Å². The van der Waals surface area contributed by atoms with Crippen molar-refractivity contribution >= 4 is 0 Å². The molecule has 20 heavy (non-hydrogen) atoms. The maximum atomic E-state index is 9.82. The first-order valence-corrected chi connectivity index (χ1v) is 7.64. The second-order valence-electron chi connectivity index (χ2n) is 5.90. The molecule has 2 unspecified atom stereocenters. The number of nitrogens with one attached hydrogen (secondary N) is 1. The number of nitriles is 1. The Bertz CT molecular complexity index is 451. The molecule has 2 rings (SSSR count). The van der Waals surface area contributed by atoms with Gasteiger partial charge in [-0.1, -0.05) is 44.2 Å². The number of hydrogen-bond acceptors (Lipinski definition) is 3. The number of nitrogens with zero attached hydrogens (tertiary/aromatic N) is 2. The summed E-state index contributed by atoms with van der Waals surface area (Å²) in [6, 6.07) is 12.7. The van der Waals surface area contributed by atoms with Gasteiger partial charge in [0.25, 0.3) is 0 Å². The van der Waals surface area contributed by atoms with Crippen LogP contribution in [0.2, 0.25) is 0 Å². The lowest BCUT2D eigenvalue weighted by Gasteiger charge is -2.38. The number of rotatable bonds is 5. The molecule has 2 atom stereocenters. The molecule has 0 spiro atoms. The lowest BCUT2D eigenvalue weighted by Crippen LogP contribution is -2.52. The Morgan fingerprint density at radius 1 is 1.40 bits per heavy atom. The molecule has 1 aliphatic heterocycles. The van der Waals surface area contributed by atoms with Crippen molar-refractivity contribution in [2.75, 3.05) is 26.2 Å². The Kier molecular flexibility index (Phi) is 5.17. The smallest absolute Gasteiger partial charge is 0.145 e. The van der Waals surface area contributed by atoms with E-state index in [1.807, 2.05) is 18.2 Å². The van der Waals surface area contributed by atoms with Crippen LogP contribution in [-0.2, 0) is 5.54 Å². The third-order valence-electron chi connectivity index (χ3n) is 4.14. The standard InChI is InChI=1S/C17H25N3/c1-3-19-17(13-18,16-9-5-4-6-10-16)14-20-11-7-8-15(2)12-20/h4-6,9-10,15,19H,3,7-8,11-12,14H2,1-2H3. The SMILES string of the molecule is CCNC(C#N)(CN1CCCC(C)C1)c1ccccc1. The Morgan fingerprint density at radius 2 is 2.15 bits per heavy atom. The first-order valence-electron chi connectivity index (χ1n) is 7.64. The molecule has 0 radical (unpaired) electrons. The highest BCUT2D eigenvalue weighted by Gasteiger charge is 2.34. The summed E-state index contributed by atoms with van der Waals surface area (Å²) in [6.45, 7) is 8.13. The number of piperidine rings is 1. The zero-order valence-corrected chi connectivity index (χ0v) is 12.6. The maximum absolute atomic E-state index is 9.82. The summed E-state index contributed by atoms with van der Waals surface area (Å²) < 4.78 is 0. The van der Waals surface area contributed by atoms with E-state index in [2.05, 4.69) is 42.3 Å². The third-order valence-corrected chi connectivity index (χ3v) is 4.14. The lowest BCUT2D eigenvalue weighted by atomic mass is 9.89. The minimum Gasteiger partial charge on any atom is -0.300 e. The van der Waals surface area contributed by atoms with E-state index in [0.717, 1.165) is 37.7 Å². The van der Waals surface area contributed by atoms with Gasteiger partial charge < -0.3 is 0 Å². The van der Waals surface area contributed by atoms with Crippen molar-refractivity contribution in [1.82, 2.24) is 10.2 Å². The predicted octanol–water partition coefficient (Wildman–Crippen LogP) is 2.75. The van der Waals surface area contributed by atoms with Gasteiger partial charge in [-0.25, -0.2) is 0 Å². The highest BCUT2D eigenvalue weighted by Crippen LogP contribution is 2.25. The van der Waals surface area contributed by atoms with Gasteiger partial charge in [0.1, 0.15) is 5.54 Å². The fourth-order valence-electron chi connectivity index (χ4n) is 3.18. The largest absolute Gasteiger partial charge is 0.300 e. The molecule has 0 amide bonds. The zero-order valence-electron chi connectivity index (χ0n) is 12.6. The fraction of sp³-hybridized carbons (Fsp3) is 0.588. The van der Waals surface area contributed by atoms with E-state index in [9.17, 15) is 5.26 Å². The first kappa shape index (κ1) is 15.0. The molecule has 1 saturated heterocycles. The maximum Gasteiger partial charge on any atom is 0.145 e. The van der Waals surface area contributed by atoms with Gasteiger partial charge in [0.2, 0.25) is 0 Å². The molecule has 3 nitrogen and oxygen atoms in total. The van der Waals surface area contributed by atoms with E-state index in [4.69, 9.17) is 0 Å². The molecule has 1 aliphatic rings. The van der Waals surface area contributed by atoms with Crippen LogP contribution in [0.4, 0.5) is 0 Å². The zero-order chi connectivity index (χ0) is 14.4. The molecule has 108 valence electrons. The van der Waals surface area contributed by atoms with Crippen LogP contribution < -0.4 is 5.32 Å². The topological polar surface area (TPSA) is 39.1 Å². The molecule has 0 saturated carbocycles. The van der Waals surface area contributed by atoms with Gasteiger partial charge >= 0.3 is 0 Å². The molecule has 1 aromatic rings. The number of hydrogen-bond donors (Lipinski definition) is 1. The van der Waals surface area contributed by atoms with E-state index in [1.54, 1.807) is 0 Å². The summed E-state index contributed by atoms with van der Waals surface area (Å²) in [5, 5.41) is 13.2. The van der Waals surface area contributed by atoms with Crippen LogP contribution in [0.5, 0.6) is 0 Å². The Labute approximate surface area is 122 Å². The Hall–Kier alpha value is -1.37. The Morgan fingerprint density at radius 3 is 2.75 bits per heavy atom. The van der Waals surface area contributed by atoms with Crippen molar-refractivity contribution in [1.29, 1.82) is 5.26 Å². The summed E-state index contributed by atoms with van der Waals surface area (Å²) in [5.41, 5.74) is 0.482. The van der Waals surface area contributed by atoms with E-state index >= 15 is 0 Å². The van der Waals surface area contributed by atoms with Gasteiger partial charge in [0, 0.05) is 13.1 Å². The minimum atomic E-state index is -0.590. The van der Waals surface area contributed by atoms with Gasteiger partial charge in [-0.2, -0.15) is 5.26 Å². The third kappa shape index (κ3) is 3.39. The predicted molar refractivity (Wildman–Crippen MR) is 82.2 cm³/mol. The van der Waals surface area contributed by atoms with Crippen molar-refractivity contribution in [3.63, 3.8) is 0 Å². The molecule has 1 fully saturated rings. The lowest BCUT2D eigenvalue weighted by molar-refractivity contribution is 0.149. The summed E-state index contributed by atoms with van der Waals surface area (Å²) in [4.78, 5) is 2.44. The molecule has 3 heteroatoms. The van der Waals surface area contributed by atoms with E-state index < -0.39 is 5.54 Å². The van der Waals surface area contributed by atoms with Crippen LogP contribution >= 0.6 is 0 Å². The van der Waals surface area contributed by atoms with Crippen molar-refractivity contribution in [3.8, 4) is 6.07 Å². The molecule has 1 aromatic carbocycles. The molecule has 1 heterocycles. The van der Waals surface area contributed by atoms with Crippen LogP contribution in [0.15, 0.2) is 30.3 Å². The molecular weight excluding hydrogens is 246 g/mol. The number of likely N-dealkylation sites (tertiary alicyclic amines) is 1. The van der Waals surface area contributed by atoms with Gasteiger partial charge in [-0.05, 0) is 37.4 Å². The first-order chi connectivity index (χ1) is 9.70. The van der Waals surface area contributed by atoms with Crippen LogP contribution in [-0.4, -0.2) is 31.1 Å². The average molecular weight is 271 g/mol. The molecule has 0 bridgehead atoms. The van der Waals surface area contributed by atoms with Crippen molar-refractivity contribution in [2.24, 2.45) is 5.92 Å². The fourth-order valence-corrected chi connectivity index (χ4v) is 3.18. The van der Waals surface area contributed by atoms with Gasteiger partial charge in [-0.3, -0.25) is 10.2 Å². The monoisotopic (exact) mass is 271 g/mol. The van der Waals surface area contributed by atoms with E-state index in [1.165, 1.54) is 12.8 Å². The van der Waals surface area contributed by atoms with Gasteiger partial charge in [0.05, 0.1) is 6.07 Å². The van der Waals surface area contributed by atoms with Crippen LogP contribution in [0.3, 0.4) is 0 Å². The van der Waals surface area contributed by atoms with E-state index in [-0.39, 0.29) is 0 Å². The summed E-state index contributed by atoms with van der Waals surface area (Å²) >= 11 is 0. The second kappa shape index (κ2) is 6.88. The van der Waals surface area contributed by atoms with Crippen molar-refractivity contribution in [2.45, 2.75) is 32.2 Å². The molecule has 1 N–H and O–H groups in total. The highest BCUT2D eigenvalue weighted by molar-refractivity contribution is 5.32. The summed E-state index contributed by atoms with van der Waals surface area (Å²) in [7, 11) is 0. The number of likely N-dealkylation sites (N-methyl/N-ethyl adjacent to an activating group) is 1. The summed E-state index contributed by atoms with van der Waals surface area (Å²) in [5.74, 6) is 0.734. The molecule has 0 aromatic heterocycles. The highest BCUT2D eigenvalue weighted by atomic mass is 15.2. The molecular formula is C17H25N3. The quantitative estimate of drug-likeness (QED) is 0.895. The average Bonchev–Trinajstić information content (AvgIpc) is 2.48. The normalized spacial score (nSPS) is 22.9. The van der Waals surface area contributed by atoms with Crippen molar-refractivity contribution in [3.05, 3.63) is 35.9 Å². The second-order valence-corrected chi connectivity index (χ2v) is 5.90. The van der Waals surface area contributed by atoms with Crippen LogP contribution in [0, 0.1) is 17.2 Å². The van der Waals surface area contributed by atoms with Crippen molar-refractivity contribution < 1.29 is 0 Å². The minimum absolute atomic E-state index is 0.590. The van der Waals surface area contributed by atoms with Crippen LogP contribution in [0.1, 0.15) is 32.3 Å².